The molecule has 1 aliphatic carbocycles. The highest BCUT2D eigenvalue weighted by Crippen LogP contribution is 2.50. The van der Waals surface area contributed by atoms with Crippen LogP contribution in [0.5, 0.6) is 0 Å². The quantitative estimate of drug-likeness (QED) is 0.337. The number of benzene rings is 1. The van der Waals surface area contributed by atoms with E-state index in [2.05, 4.69) is 61.2 Å². The Morgan fingerprint density at radius 3 is 2.78 bits per heavy atom. The summed E-state index contributed by atoms with van der Waals surface area (Å²) in [6.45, 7) is 6.03. The van der Waals surface area contributed by atoms with E-state index in [9.17, 15) is 9.59 Å². The van der Waals surface area contributed by atoms with Gasteiger partial charge in [0.25, 0.3) is 11.5 Å². The van der Waals surface area contributed by atoms with Gasteiger partial charge in [0.2, 0.25) is 5.95 Å². The predicted octanol–water partition coefficient (Wildman–Crippen LogP) is 2.25. The molecule has 182 valence electrons. The molecule has 1 saturated heterocycles. The molecule has 1 atom stereocenters. The van der Waals surface area contributed by atoms with Gasteiger partial charge < -0.3 is 16.0 Å². The number of hydrogen-bond acceptors (Lipinski definition) is 8. The van der Waals surface area contributed by atoms with E-state index < -0.39 is 0 Å². The van der Waals surface area contributed by atoms with Gasteiger partial charge in [0, 0.05) is 24.7 Å². The lowest BCUT2D eigenvalue weighted by atomic mass is 9.73. The van der Waals surface area contributed by atoms with Crippen molar-refractivity contribution in [1.29, 1.82) is 0 Å². The van der Waals surface area contributed by atoms with E-state index in [0.717, 1.165) is 32.4 Å². The van der Waals surface area contributed by atoms with Crippen molar-refractivity contribution in [2.75, 3.05) is 18.0 Å². The molecule has 1 amide bonds. The summed E-state index contributed by atoms with van der Waals surface area (Å²) in [5.41, 5.74) is 11.1. The number of carbonyl (C=O) groups excluding carboxylic acids is 1. The van der Waals surface area contributed by atoms with Crippen LogP contribution in [0.15, 0.2) is 35.6 Å². The minimum absolute atomic E-state index is 0.0322. The molecule has 2 aliphatic heterocycles. The number of anilines is 1. The number of fused-ring (bicyclic) bond motifs is 3. The van der Waals surface area contributed by atoms with Gasteiger partial charge in [-0.25, -0.2) is 4.98 Å². The zero-order valence-electron chi connectivity index (χ0n) is 19.4. The van der Waals surface area contributed by atoms with Crippen molar-refractivity contribution in [3.05, 3.63) is 73.6 Å². The van der Waals surface area contributed by atoms with Crippen molar-refractivity contribution in [1.82, 2.24) is 30.5 Å². The van der Waals surface area contributed by atoms with Crippen LogP contribution in [0, 0.1) is 5.41 Å². The van der Waals surface area contributed by atoms with Gasteiger partial charge in [0.1, 0.15) is 21.0 Å². The van der Waals surface area contributed by atoms with Crippen LogP contribution in [0.4, 0.5) is 5.95 Å². The molecule has 1 spiro atoms. The van der Waals surface area contributed by atoms with Crippen LogP contribution < -0.4 is 21.5 Å². The van der Waals surface area contributed by atoms with Gasteiger partial charge in [0.05, 0.1) is 12.2 Å². The van der Waals surface area contributed by atoms with Crippen LogP contribution >= 0.6 is 11.3 Å². The van der Waals surface area contributed by atoms with Gasteiger partial charge in [-0.2, -0.15) is 10.1 Å². The highest BCUT2D eigenvalue weighted by atomic mass is 32.1. The maximum atomic E-state index is 13.2. The van der Waals surface area contributed by atoms with Gasteiger partial charge in [0.15, 0.2) is 5.65 Å². The summed E-state index contributed by atoms with van der Waals surface area (Å²) in [5.74, 6) is 0.389. The number of aromatic amines is 2. The zero-order valence-corrected chi connectivity index (χ0v) is 20.2. The molecule has 0 radical (unpaired) electrons. The fourth-order valence-corrected chi connectivity index (χ4v) is 6.86. The molecule has 4 aromatic rings. The average Bonchev–Trinajstić information content (AvgIpc) is 3.64. The lowest BCUT2D eigenvalue weighted by Crippen LogP contribution is -2.45. The Balaban J connectivity index is 1.14. The summed E-state index contributed by atoms with van der Waals surface area (Å²) in [6.07, 6.45) is 2.85. The molecule has 36 heavy (non-hydrogen) atoms. The molecule has 3 aliphatic rings. The van der Waals surface area contributed by atoms with Crippen molar-refractivity contribution in [2.24, 2.45) is 11.1 Å². The molecule has 3 aromatic heterocycles. The predicted molar refractivity (Wildman–Crippen MR) is 137 cm³/mol. The molecule has 5 N–H and O–H groups in total. The van der Waals surface area contributed by atoms with Crippen molar-refractivity contribution < 1.29 is 4.79 Å². The molecule has 0 unspecified atom stereocenters. The van der Waals surface area contributed by atoms with Gasteiger partial charge in [-0.1, -0.05) is 30.8 Å². The van der Waals surface area contributed by atoms with Crippen molar-refractivity contribution in [3.8, 4) is 0 Å². The average molecular weight is 501 g/mol. The second-order valence-corrected chi connectivity index (χ2v) is 10.8. The Bertz CT molecular complexity index is 1620. The van der Waals surface area contributed by atoms with Crippen molar-refractivity contribution >= 4 is 39.8 Å². The normalized spacial score (nSPS) is 20.1. The standard InChI is InChI=1S/C25H24N8O2S/c1-12(23-28-15-11-27-22(35)18(15)36-23)17-16-20(32-31-17)29-24(30-21(16)34)33-8-6-25(7-9-33)10-13-4-2-3-5-14(13)19(25)26/h2-5,19H,1,6-11,26H2,(H,27,35)(H2,29,30,31,32,34)/t19-/m1/s1. The number of thiazole rings is 1. The molecule has 1 fully saturated rings. The van der Waals surface area contributed by atoms with Gasteiger partial charge in [-0.05, 0) is 35.8 Å². The molecule has 10 nitrogen and oxygen atoms in total. The Kier molecular flexibility index (Phi) is 4.52. The first kappa shape index (κ1) is 21.5. The summed E-state index contributed by atoms with van der Waals surface area (Å²) >= 11 is 1.25. The number of carbonyl (C=O) groups is 1. The van der Waals surface area contributed by atoms with Gasteiger partial charge >= 0.3 is 0 Å². The van der Waals surface area contributed by atoms with Crippen LogP contribution in [0.2, 0.25) is 0 Å². The molecule has 7 rings (SSSR count). The molecule has 1 aromatic carbocycles. The minimum Gasteiger partial charge on any atom is -0.346 e. The van der Waals surface area contributed by atoms with E-state index in [0.29, 0.717) is 50.4 Å². The third-order valence-corrected chi connectivity index (χ3v) is 9.09. The van der Waals surface area contributed by atoms with E-state index in [1.165, 1.54) is 22.5 Å². The second kappa shape index (κ2) is 7.58. The van der Waals surface area contributed by atoms with Crippen LogP contribution in [-0.2, 0) is 13.0 Å². The van der Waals surface area contributed by atoms with E-state index >= 15 is 0 Å². The molecule has 11 heteroatoms. The van der Waals surface area contributed by atoms with Crippen LogP contribution in [-0.4, -0.2) is 44.1 Å². The zero-order chi connectivity index (χ0) is 24.6. The van der Waals surface area contributed by atoms with Crippen molar-refractivity contribution in [2.45, 2.75) is 31.8 Å². The molecular weight excluding hydrogens is 476 g/mol. The maximum Gasteiger partial charge on any atom is 0.264 e. The topological polar surface area (TPSA) is 146 Å². The third-order valence-electron chi connectivity index (χ3n) is 7.93. The number of amides is 1. The van der Waals surface area contributed by atoms with E-state index in [-0.39, 0.29) is 22.9 Å². The van der Waals surface area contributed by atoms with Crippen LogP contribution in [0.3, 0.4) is 0 Å². The first-order valence-electron chi connectivity index (χ1n) is 12.0. The minimum atomic E-state index is -0.285. The van der Waals surface area contributed by atoms with Gasteiger partial charge in [-0.15, -0.1) is 11.3 Å². The summed E-state index contributed by atoms with van der Waals surface area (Å²) in [7, 11) is 0. The first-order valence-corrected chi connectivity index (χ1v) is 12.8. The highest BCUT2D eigenvalue weighted by molar-refractivity contribution is 7.15. The summed E-state index contributed by atoms with van der Waals surface area (Å²) < 4.78 is 0. The van der Waals surface area contributed by atoms with Crippen molar-refractivity contribution in [3.63, 3.8) is 0 Å². The Morgan fingerprint density at radius 2 is 2.00 bits per heavy atom. The Hall–Kier alpha value is -3.83. The highest BCUT2D eigenvalue weighted by Gasteiger charge is 2.46. The summed E-state index contributed by atoms with van der Waals surface area (Å²) in [6, 6.07) is 8.49. The van der Waals surface area contributed by atoms with Gasteiger partial charge in [-0.3, -0.25) is 19.7 Å². The van der Waals surface area contributed by atoms with E-state index in [4.69, 9.17) is 10.7 Å². The lowest BCUT2D eigenvalue weighted by molar-refractivity contribution is 0.0969. The fourth-order valence-electron chi connectivity index (χ4n) is 5.89. The lowest BCUT2D eigenvalue weighted by Gasteiger charge is -2.42. The number of nitrogens with zero attached hydrogens (tertiary/aromatic N) is 4. The van der Waals surface area contributed by atoms with E-state index in [1.807, 2.05) is 0 Å². The second-order valence-electron chi connectivity index (χ2n) is 9.84. The summed E-state index contributed by atoms with van der Waals surface area (Å²) in [5, 5.41) is 10.9. The Morgan fingerprint density at radius 1 is 1.19 bits per heavy atom. The molecule has 0 saturated carbocycles. The number of H-pyrrole nitrogens is 2. The maximum absolute atomic E-state index is 13.2. The molecule has 0 bridgehead atoms. The number of nitrogens with one attached hydrogen (secondary N) is 3. The Labute approximate surface area is 209 Å². The summed E-state index contributed by atoms with van der Waals surface area (Å²) in [4.78, 5) is 40.0. The number of rotatable bonds is 3. The number of piperidine rings is 1. The SMILES string of the molecule is C=C(c1nc2c(s1)C(=O)NC2)c1n[nH]c2nc(N3CCC4(CC3)Cc3ccccc3[C@H]4N)[nH]c(=O)c12. The van der Waals surface area contributed by atoms with Crippen LogP contribution in [0.1, 0.15) is 56.1 Å². The largest absolute Gasteiger partial charge is 0.346 e. The van der Waals surface area contributed by atoms with E-state index in [1.54, 1.807) is 0 Å². The number of nitrogens with two attached hydrogens (primary N) is 1. The fraction of sp³-hybridized carbons (Fsp3) is 0.320. The monoisotopic (exact) mass is 500 g/mol. The smallest absolute Gasteiger partial charge is 0.264 e. The van der Waals surface area contributed by atoms with Crippen LogP contribution in [0.25, 0.3) is 16.6 Å². The number of hydrogen-bond donors (Lipinski definition) is 4. The third kappa shape index (κ3) is 3.02. The molecular formula is C25H24N8O2S. The molecule has 5 heterocycles. The number of aromatic nitrogens is 5. The first-order chi connectivity index (χ1) is 17.4.